The van der Waals surface area contributed by atoms with Crippen LogP contribution in [0.4, 0.5) is 5.82 Å². The van der Waals surface area contributed by atoms with Gasteiger partial charge < -0.3 is 10.3 Å². The number of thiophene rings is 1. The van der Waals surface area contributed by atoms with E-state index in [0.717, 1.165) is 12.8 Å². The van der Waals surface area contributed by atoms with Crippen LogP contribution in [-0.4, -0.2) is 9.97 Å². The Morgan fingerprint density at radius 2 is 2.47 bits per heavy atom. The van der Waals surface area contributed by atoms with Crippen LogP contribution in [0, 0.1) is 0 Å². The molecule has 0 radical (unpaired) electrons. The summed E-state index contributed by atoms with van der Waals surface area (Å²) in [7, 11) is 0. The first-order valence-corrected chi connectivity index (χ1v) is 6.53. The van der Waals surface area contributed by atoms with Gasteiger partial charge in [-0.3, -0.25) is 4.79 Å². The molecule has 0 aromatic carbocycles. The van der Waals surface area contributed by atoms with Gasteiger partial charge in [-0.15, -0.1) is 11.3 Å². The topological polar surface area (TPSA) is 57.8 Å². The molecule has 2 N–H and O–H groups in total. The highest BCUT2D eigenvalue weighted by Crippen LogP contribution is 2.25. The molecule has 1 unspecified atom stereocenters. The standard InChI is InChI=1S/C12H15N3OS/c1-2-4-9(10-5-3-8-17-10)15-11-12(16)14-7-6-13-11/h3,5-9H,2,4H2,1H3,(H,13,15)(H,14,16). The largest absolute Gasteiger partial charge is 0.358 e. The summed E-state index contributed by atoms with van der Waals surface area (Å²) in [5.41, 5.74) is -0.176. The van der Waals surface area contributed by atoms with E-state index in [-0.39, 0.29) is 11.6 Å². The van der Waals surface area contributed by atoms with Gasteiger partial charge in [-0.1, -0.05) is 19.4 Å². The van der Waals surface area contributed by atoms with E-state index in [2.05, 4.69) is 28.3 Å². The van der Waals surface area contributed by atoms with Gasteiger partial charge in [0, 0.05) is 17.3 Å². The molecule has 2 heterocycles. The molecule has 2 aromatic heterocycles. The Morgan fingerprint density at radius 3 is 3.12 bits per heavy atom. The summed E-state index contributed by atoms with van der Waals surface area (Å²) in [6, 6.07) is 4.26. The lowest BCUT2D eigenvalue weighted by atomic mass is 10.1. The molecule has 2 rings (SSSR count). The maximum absolute atomic E-state index is 11.6. The molecule has 0 amide bonds. The minimum Gasteiger partial charge on any atom is -0.358 e. The number of aromatic amines is 1. The van der Waals surface area contributed by atoms with Gasteiger partial charge >= 0.3 is 0 Å². The normalized spacial score (nSPS) is 12.3. The Hall–Kier alpha value is -1.62. The van der Waals surface area contributed by atoms with E-state index in [1.165, 1.54) is 11.1 Å². The number of hydrogen-bond donors (Lipinski definition) is 2. The van der Waals surface area contributed by atoms with Crippen LogP contribution >= 0.6 is 11.3 Å². The molecule has 5 heteroatoms. The molecule has 0 saturated carbocycles. The monoisotopic (exact) mass is 249 g/mol. The molecule has 2 aromatic rings. The third kappa shape index (κ3) is 2.94. The highest BCUT2D eigenvalue weighted by molar-refractivity contribution is 7.10. The van der Waals surface area contributed by atoms with Crippen LogP contribution < -0.4 is 10.9 Å². The maximum Gasteiger partial charge on any atom is 0.290 e. The molecule has 4 nitrogen and oxygen atoms in total. The number of rotatable bonds is 5. The van der Waals surface area contributed by atoms with Crippen molar-refractivity contribution in [1.29, 1.82) is 0 Å². The van der Waals surface area contributed by atoms with Crippen LogP contribution in [0.1, 0.15) is 30.7 Å². The second-order valence-corrected chi connectivity index (χ2v) is 4.75. The van der Waals surface area contributed by atoms with Crippen LogP contribution in [0.15, 0.2) is 34.7 Å². The summed E-state index contributed by atoms with van der Waals surface area (Å²) in [4.78, 5) is 19.5. The lowest BCUT2D eigenvalue weighted by molar-refractivity contribution is 0.683. The Kier molecular flexibility index (Phi) is 3.93. The Balaban J connectivity index is 2.19. The zero-order chi connectivity index (χ0) is 12.1. The van der Waals surface area contributed by atoms with Crippen molar-refractivity contribution in [2.45, 2.75) is 25.8 Å². The fourth-order valence-corrected chi connectivity index (χ4v) is 2.50. The molecule has 0 aliphatic carbocycles. The van der Waals surface area contributed by atoms with Crippen LogP contribution in [0.25, 0.3) is 0 Å². The summed E-state index contributed by atoms with van der Waals surface area (Å²) >= 11 is 1.69. The van der Waals surface area contributed by atoms with Gasteiger partial charge in [-0.25, -0.2) is 4.98 Å². The number of nitrogens with one attached hydrogen (secondary N) is 2. The highest BCUT2D eigenvalue weighted by atomic mass is 32.1. The summed E-state index contributed by atoms with van der Waals surface area (Å²) < 4.78 is 0. The zero-order valence-corrected chi connectivity index (χ0v) is 10.5. The maximum atomic E-state index is 11.6. The Labute approximate surface area is 104 Å². The molecule has 17 heavy (non-hydrogen) atoms. The second-order valence-electron chi connectivity index (χ2n) is 3.77. The van der Waals surface area contributed by atoms with Crippen molar-refractivity contribution in [3.8, 4) is 0 Å². The first kappa shape index (κ1) is 11.9. The third-order valence-electron chi connectivity index (χ3n) is 2.48. The molecule has 0 saturated heterocycles. The van der Waals surface area contributed by atoms with Crippen LogP contribution in [0.5, 0.6) is 0 Å². The van der Waals surface area contributed by atoms with E-state index in [0.29, 0.717) is 5.82 Å². The number of anilines is 1. The van der Waals surface area contributed by atoms with Gasteiger partial charge in [-0.2, -0.15) is 0 Å². The molecule has 0 aliphatic rings. The summed E-state index contributed by atoms with van der Waals surface area (Å²) in [5.74, 6) is 0.388. The Morgan fingerprint density at radius 1 is 1.59 bits per heavy atom. The number of aromatic nitrogens is 2. The summed E-state index contributed by atoms with van der Waals surface area (Å²) in [6.07, 6.45) is 5.16. The SMILES string of the molecule is CCCC(Nc1ncc[nH]c1=O)c1cccs1. The van der Waals surface area contributed by atoms with E-state index in [1.807, 2.05) is 11.4 Å². The van der Waals surface area contributed by atoms with Crippen LogP contribution in [-0.2, 0) is 0 Å². The first-order chi connectivity index (χ1) is 8.31. The van der Waals surface area contributed by atoms with Crippen LogP contribution in [0.3, 0.4) is 0 Å². The summed E-state index contributed by atoms with van der Waals surface area (Å²) in [5, 5.41) is 5.25. The van der Waals surface area contributed by atoms with Gasteiger partial charge in [0.1, 0.15) is 0 Å². The highest BCUT2D eigenvalue weighted by Gasteiger charge is 2.13. The van der Waals surface area contributed by atoms with Crippen molar-refractivity contribution in [2.75, 3.05) is 5.32 Å². The fraction of sp³-hybridized carbons (Fsp3) is 0.333. The Bertz CT molecular complexity index is 506. The van der Waals surface area contributed by atoms with Gasteiger partial charge in [0.25, 0.3) is 5.56 Å². The van der Waals surface area contributed by atoms with E-state index < -0.39 is 0 Å². The number of H-pyrrole nitrogens is 1. The third-order valence-corrected chi connectivity index (χ3v) is 3.47. The predicted octanol–water partition coefficient (Wildman–Crippen LogP) is 2.78. The van der Waals surface area contributed by atoms with Crippen molar-refractivity contribution in [1.82, 2.24) is 9.97 Å². The van der Waals surface area contributed by atoms with Crippen molar-refractivity contribution < 1.29 is 0 Å². The minimum atomic E-state index is -0.176. The minimum absolute atomic E-state index is 0.163. The van der Waals surface area contributed by atoms with Gasteiger partial charge in [0.2, 0.25) is 0 Å². The van der Waals surface area contributed by atoms with E-state index >= 15 is 0 Å². The molecule has 0 bridgehead atoms. The van der Waals surface area contributed by atoms with Gasteiger partial charge in [-0.05, 0) is 17.9 Å². The number of hydrogen-bond acceptors (Lipinski definition) is 4. The molecular formula is C12H15N3OS. The van der Waals surface area contributed by atoms with E-state index in [9.17, 15) is 4.79 Å². The van der Waals surface area contributed by atoms with Crippen molar-refractivity contribution in [3.63, 3.8) is 0 Å². The van der Waals surface area contributed by atoms with Gasteiger partial charge in [0.05, 0.1) is 6.04 Å². The van der Waals surface area contributed by atoms with Crippen molar-refractivity contribution >= 4 is 17.2 Å². The zero-order valence-electron chi connectivity index (χ0n) is 9.64. The smallest absolute Gasteiger partial charge is 0.290 e. The lowest BCUT2D eigenvalue weighted by Gasteiger charge is -2.16. The molecule has 0 aliphatic heterocycles. The lowest BCUT2D eigenvalue weighted by Crippen LogP contribution is -2.19. The van der Waals surface area contributed by atoms with Crippen molar-refractivity contribution in [3.05, 3.63) is 45.1 Å². The van der Waals surface area contributed by atoms with Crippen molar-refractivity contribution in [2.24, 2.45) is 0 Å². The predicted molar refractivity (Wildman–Crippen MR) is 70.4 cm³/mol. The van der Waals surface area contributed by atoms with E-state index in [4.69, 9.17) is 0 Å². The molecule has 0 spiro atoms. The van der Waals surface area contributed by atoms with E-state index in [1.54, 1.807) is 17.5 Å². The second kappa shape index (κ2) is 5.63. The first-order valence-electron chi connectivity index (χ1n) is 5.65. The molecule has 1 atom stereocenters. The average Bonchev–Trinajstić information content (AvgIpc) is 2.85. The average molecular weight is 249 g/mol. The number of nitrogens with zero attached hydrogens (tertiary/aromatic N) is 1. The molecule has 90 valence electrons. The van der Waals surface area contributed by atoms with Crippen LogP contribution in [0.2, 0.25) is 0 Å². The summed E-state index contributed by atoms with van der Waals surface area (Å²) in [6.45, 7) is 2.13. The molecule has 0 fully saturated rings. The quantitative estimate of drug-likeness (QED) is 0.856. The molecular weight excluding hydrogens is 234 g/mol. The fourth-order valence-electron chi connectivity index (χ4n) is 1.68. The van der Waals surface area contributed by atoms with Gasteiger partial charge in [0.15, 0.2) is 5.82 Å².